The van der Waals surface area contributed by atoms with Gasteiger partial charge in [0.15, 0.2) is 5.78 Å². The molecule has 0 heterocycles. The minimum atomic E-state index is -4.44. The molecule has 0 fully saturated rings. The lowest BCUT2D eigenvalue weighted by Gasteiger charge is -2.07. The zero-order valence-corrected chi connectivity index (χ0v) is 12.7. The van der Waals surface area contributed by atoms with E-state index in [1.165, 1.54) is 36.4 Å². The van der Waals surface area contributed by atoms with Crippen LogP contribution in [0.4, 0.5) is 26.3 Å². The van der Waals surface area contributed by atoms with Gasteiger partial charge in [-0.1, -0.05) is 30.3 Å². The highest BCUT2D eigenvalue weighted by molar-refractivity contribution is 5.95. The Kier molecular flexibility index (Phi) is 5.35. The lowest BCUT2D eigenvalue weighted by Crippen LogP contribution is -2.05. The van der Waals surface area contributed by atoms with Gasteiger partial charge in [-0.05, 0) is 41.5 Å². The van der Waals surface area contributed by atoms with Gasteiger partial charge in [0.2, 0.25) is 0 Å². The zero-order valence-electron chi connectivity index (χ0n) is 12.7. The average Bonchev–Trinajstić information content (AvgIpc) is 2.52. The minimum absolute atomic E-state index is 0.102. The molecule has 2 aromatic carbocycles. The fourth-order valence-corrected chi connectivity index (χ4v) is 2.04. The first-order valence-electron chi connectivity index (χ1n) is 7.10. The van der Waals surface area contributed by atoms with Crippen molar-refractivity contribution in [3.63, 3.8) is 0 Å². The molecule has 0 saturated carbocycles. The van der Waals surface area contributed by atoms with E-state index in [0.717, 1.165) is 24.3 Å². The Hall–Kier alpha value is -2.57. The highest BCUT2D eigenvalue weighted by atomic mass is 19.4. The third kappa shape index (κ3) is 5.48. The second-order valence-electron chi connectivity index (χ2n) is 5.29. The van der Waals surface area contributed by atoms with Crippen molar-refractivity contribution in [3.8, 4) is 0 Å². The fraction of sp³-hybridized carbons (Fsp3) is 0.167. The Morgan fingerprint density at radius 3 is 1.64 bits per heavy atom. The molecule has 2 rings (SSSR count). The summed E-state index contributed by atoms with van der Waals surface area (Å²) in [4.78, 5) is 11.8. The van der Waals surface area contributed by atoms with Crippen LogP contribution in [0.25, 0.3) is 6.08 Å². The van der Waals surface area contributed by atoms with Gasteiger partial charge < -0.3 is 0 Å². The molecule has 0 radical (unpaired) electrons. The largest absolute Gasteiger partial charge is 0.416 e. The standard InChI is InChI=1S/C18H12F6O/c19-17(20,21)14-6-1-12(2-7-14)5-10-16(25)11-13-3-8-15(9-4-13)18(22,23)24/h1-10H,11H2/b10-5+. The summed E-state index contributed by atoms with van der Waals surface area (Å²) in [7, 11) is 0. The lowest BCUT2D eigenvalue weighted by atomic mass is 10.1. The molecule has 0 N–H and O–H groups in total. The smallest absolute Gasteiger partial charge is 0.294 e. The SMILES string of the molecule is O=C(/C=C/c1ccc(C(F)(F)F)cc1)Cc1ccc(C(F)(F)F)cc1. The van der Waals surface area contributed by atoms with Crippen LogP contribution in [0.3, 0.4) is 0 Å². The van der Waals surface area contributed by atoms with Gasteiger partial charge in [-0.2, -0.15) is 26.3 Å². The molecule has 0 bridgehead atoms. The van der Waals surface area contributed by atoms with Crippen molar-refractivity contribution in [2.75, 3.05) is 0 Å². The Morgan fingerprint density at radius 2 is 1.20 bits per heavy atom. The van der Waals surface area contributed by atoms with Crippen molar-refractivity contribution in [3.05, 3.63) is 76.9 Å². The van der Waals surface area contributed by atoms with Crippen LogP contribution < -0.4 is 0 Å². The van der Waals surface area contributed by atoms with Crippen molar-refractivity contribution in [1.82, 2.24) is 0 Å². The van der Waals surface area contributed by atoms with Crippen molar-refractivity contribution in [2.45, 2.75) is 18.8 Å². The van der Waals surface area contributed by atoms with Crippen molar-refractivity contribution in [2.24, 2.45) is 0 Å². The van der Waals surface area contributed by atoms with Crippen molar-refractivity contribution < 1.29 is 31.1 Å². The highest BCUT2D eigenvalue weighted by Gasteiger charge is 2.30. The first-order chi connectivity index (χ1) is 11.6. The number of halogens is 6. The monoisotopic (exact) mass is 358 g/mol. The Bertz CT molecular complexity index is 752. The van der Waals surface area contributed by atoms with Crippen LogP contribution in [-0.2, 0) is 23.6 Å². The van der Waals surface area contributed by atoms with Gasteiger partial charge in [0, 0.05) is 6.42 Å². The van der Waals surface area contributed by atoms with E-state index >= 15 is 0 Å². The molecular formula is C18H12F6O. The van der Waals surface area contributed by atoms with E-state index < -0.39 is 23.5 Å². The number of ketones is 1. The minimum Gasteiger partial charge on any atom is -0.294 e. The maximum absolute atomic E-state index is 12.4. The molecule has 0 aliphatic carbocycles. The van der Waals surface area contributed by atoms with Crippen molar-refractivity contribution in [1.29, 1.82) is 0 Å². The Balaban J connectivity index is 1.99. The summed E-state index contributed by atoms with van der Waals surface area (Å²) in [5, 5.41) is 0. The third-order valence-electron chi connectivity index (χ3n) is 3.36. The van der Waals surface area contributed by atoms with E-state index in [-0.39, 0.29) is 12.2 Å². The molecule has 7 heteroatoms. The predicted molar refractivity (Wildman–Crippen MR) is 80.6 cm³/mol. The highest BCUT2D eigenvalue weighted by Crippen LogP contribution is 2.30. The van der Waals surface area contributed by atoms with E-state index in [2.05, 4.69) is 0 Å². The number of carbonyl (C=O) groups excluding carboxylic acids is 1. The number of hydrogen-bond acceptors (Lipinski definition) is 1. The van der Waals surface area contributed by atoms with Gasteiger partial charge >= 0.3 is 12.4 Å². The van der Waals surface area contributed by atoms with E-state index in [9.17, 15) is 31.1 Å². The van der Waals surface area contributed by atoms with Crippen LogP contribution in [0.15, 0.2) is 54.6 Å². The van der Waals surface area contributed by atoms with Crippen LogP contribution >= 0.6 is 0 Å². The first kappa shape index (κ1) is 18.8. The summed E-state index contributed by atoms with van der Waals surface area (Å²) in [6, 6.07) is 8.47. The van der Waals surface area contributed by atoms with E-state index in [1.807, 2.05) is 0 Å². The molecule has 0 spiro atoms. The predicted octanol–water partition coefficient (Wildman–Crippen LogP) is 5.55. The van der Waals surface area contributed by atoms with Gasteiger partial charge in [-0.15, -0.1) is 0 Å². The molecule has 0 aromatic heterocycles. The number of benzene rings is 2. The molecule has 1 nitrogen and oxygen atoms in total. The molecule has 0 aliphatic rings. The average molecular weight is 358 g/mol. The third-order valence-corrected chi connectivity index (χ3v) is 3.36. The van der Waals surface area contributed by atoms with Gasteiger partial charge in [0.05, 0.1) is 11.1 Å². The van der Waals surface area contributed by atoms with Crippen molar-refractivity contribution >= 4 is 11.9 Å². The summed E-state index contributed by atoms with van der Waals surface area (Å²) in [6.07, 6.45) is -6.44. The normalized spacial score (nSPS) is 12.6. The quantitative estimate of drug-likeness (QED) is 0.517. The summed E-state index contributed by atoms with van der Waals surface area (Å²) in [5.41, 5.74) is -0.770. The summed E-state index contributed by atoms with van der Waals surface area (Å²) in [5.74, 6) is -0.375. The van der Waals surface area contributed by atoms with E-state index in [4.69, 9.17) is 0 Å². The van der Waals surface area contributed by atoms with E-state index in [0.29, 0.717) is 11.1 Å². The zero-order chi connectivity index (χ0) is 18.7. The lowest BCUT2D eigenvalue weighted by molar-refractivity contribution is -0.138. The molecular weight excluding hydrogens is 346 g/mol. The van der Waals surface area contributed by atoms with Gasteiger partial charge in [0.25, 0.3) is 0 Å². The summed E-state index contributed by atoms with van der Waals surface area (Å²) < 4.78 is 74.6. The second-order valence-corrected chi connectivity index (χ2v) is 5.29. The molecule has 2 aromatic rings. The Morgan fingerprint density at radius 1 is 0.760 bits per heavy atom. The van der Waals surface area contributed by atoms with Crippen LogP contribution in [0.2, 0.25) is 0 Å². The number of hydrogen-bond donors (Lipinski definition) is 0. The van der Waals surface area contributed by atoms with Crippen LogP contribution in [0.1, 0.15) is 22.3 Å². The number of carbonyl (C=O) groups is 1. The maximum Gasteiger partial charge on any atom is 0.416 e. The van der Waals surface area contributed by atoms with Gasteiger partial charge in [-0.25, -0.2) is 0 Å². The maximum atomic E-state index is 12.4. The topological polar surface area (TPSA) is 17.1 Å². The number of allylic oxidation sites excluding steroid dienone is 1. The fourth-order valence-electron chi connectivity index (χ4n) is 2.04. The Labute approximate surface area is 139 Å². The summed E-state index contributed by atoms with van der Waals surface area (Å²) in [6.45, 7) is 0. The van der Waals surface area contributed by atoms with Crippen LogP contribution in [0, 0.1) is 0 Å². The molecule has 0 amide bonds. The number of rotatable bonds is 4. The van der Waals surface area contributed by atoms with E-state index in [1.54, 1.807) is 0 Å². The van der Waals surface area contributed by atoms with Crippen LogP contribution in [-0.4, -0.2) is 5.78 Å². The molecule has 132 valence electrons. The number of alkyl halides is 6. The van der Waals surface area contributed by atoms with Gasteiger partial charge in [0.1, 0.15) is 0 Å². The molecule has 0 aliphatic heterocycles. The molecule has 25 heavy (non-hydrogen) atoms. The molecule has 0 atom stereocenters. The van der Waals surface area contributed by atoms with Crippen LogP contribution in [0.5, 0.6) is 0 Å². The summed E-state index contributed by atoms with van der Waals surface area (Å²) >= 11 is 0. The second kappa shape index (κ2) is 7.13. The molecule has 0 saturated heterocycles. The van der Waals surface area contributed by atoms with Gasteiger partial charge in [-0.3, -0.25) is 4.79 Å². The molecule has 0 unspecified atom stereocenters. The first-order valence-corrected chi connectivity index (χ1v) is 7.10.